The smallest absolute Gasteiger partial charge is 0.274 e. The molecule has 0 saturated carbocycles. The van der Waals surface area contributed by atoms with Gasteiger partial charge in [-0.1, -0.05) is 24.3 Å². The Labute approximate surface area is 147 Å². The van der Waals surface area contributed by atoms with Gasteiger partial charge in [0.05, 0.1) is 30.0 Å². The van der Waals surface area contributed by atoms with Crippen LogP contribution in [0.25, 0.3) is 22.3 Å². The molecule has 2 heterocycles. The molecule has 2 aromatic heterocycles. The lowest BCUT2D eigenvalue weighted by atomic mass is 10.0. The van der Waals surface area contributed by atoms with Gasteiger partial charge in [-0.15, -0.1) is 0 Å². The third-order valence-electron chi connectivity index (χ3n) is 4.27. The number of benzene rings is 1. The lowest BCUT2D eigenvalue weighted by Crippen LogP contribution is -2.25. The summed E-state index contributed by atoms with van der Waals surface area (Å²) in [4.78, 5) is 22.7. The van der Waals surface area contributed by atoms with Crippen molar-refractivity contribution in [3.8, 4) is 11.3 Å². The van der Waals surface area contributed by atoms with Gasteiger partial charge in [-0.2, -0.15) is 5.10 Å². The summed E-state index contributed by atoms with van der Waals surface area (Å²) in [5.41, 5.74) is 4.07. The van der Waals surface area contributed by atoms with Crippen LogP contribution >= 0.6 is 0 Å². The number of amides is 1. The number of carbonyl (C=O) groups is 1. The molecule has 0 aliphatic carbocycles. The van der Waals surface area contributed by atoms with Crippen molar-refractivity contribution in [2.24, 2.45) is 0 Å². The van der Waals surface area contributed by atoms with Crippen molar-refractivity contribution in [1.29, 1.82) is 0 Å². The van der Waals surface area contributed by atoms with Gasteiger partial charge in [0.1, 0.15) is 0 Å². The number of hydrogen-bond donors (Lipinski definition) is 0. The molecule has 0 fully saturated rings. The fraction of sp³-hybridized carbons (Fsp3) is 0.316. The maximum absolute atomic E-state index is 12.8. The molecule has 0 N–H and O–H groups in total. The summed E-state index contributed by atoms with van der Waals surface area (Å²) in [7, 11) is 3.06. The molecule has 0 aliphatic heterocycles. The number of hydrogen-bond acceptors (Lipinski definition) is 4. The third kappa shape index (κ3) is 3.00. The number of hydroxylamine groups is 2. The molecule has 0 aliphatic rings. The van der Waals surface area contributed by atoms with E-state index in [1.165, 1.54) is 12.2 Å². The first-order valence-corrected chi connectivity index (χ1v) is 8.20. The largest absolute Gasteiger partial charge is 0.278 e. The molecule has 0 bridgehead atoms. The number of carbonyl (C=O) groups excluding carboxylic acids is 1. The van der Waals surface area contributed by atoms with Gasteiger partial charge in [0, 0.05) is 18.7 Å². The van der Waals surface area contributed by atoms with E-state index in [1.807, 2.05) is 55.8 Å². The molecule has 0 spiro atoms. The Morgan fingerprint density at radius 1 is 1.28 bits per heavy atom. The van der Waals surface area contributed by atoms with Crippen LogP contribution < -0.4 is 0 Å². The Balaban J connectivity index is 2.31. The average molecular weight is 338 g/mol. The summed E-state index contributed by atoms with van der Waals surface area (Å²) in [6, 6.07) is 9.95. The SMILES string of the molecule is CON(C)C(=O)c1cc(-c2ccccc2C)nc2c1cnn2C(C)C. The van der Waals surface area contributed by atoms with Gasteiger partial charge in [0.25, 0.3) is 5.91 Å². The van der Waals surface area contributed by atoms with Crippen LogP contribution in [-0.2, 0) is 4.84 Å². The highest BCUT2D eigenvalue weighted by Crippen LogP contribution is 2.28. The fourth-order valence-electron chi connectivity index (χ4n) is 2.82. The van der Waals surface area contributed by atoms with Gasteiger partial charge < -0.3 is 0 Å². The first kappa shape index (κ1) is 17.1. The van der Waals surface area contributed by atoms with Crippen molar-refractivity contribution in [3.63, 3.8) is 0 Å². The molecule has 25 heavy (non-hydrogen) atoms. The fourth-order valence-corrected chi connectivity index (χ4v) is 2.82. The van der Waals surface area contributed by atoms with Crippen molar-refractivity contribution in [3.05, 3.63) is 47.7 Å². The quantitative estimate of drug-likeness (QED) is 0.682. The Hall–Kier alpha value is -2.73. The highest BCUT2D eigenvalue weighted by atomic mass is 16.7. The molecular formula is C19H22N4O2. The van der Waals surface area contributed by atoms with Crippen molar-refractivity contribution in [2.45, 2.75) is 26.8 Å². The zero-order chi connectivity index (χ0) is 18.1. The van der Waals surface area contributed by atoms with Gasteiger partial charge >= 0.3 is 0 Å². The number of fused-ring (bicyclic) bond motifs is 1. The zero-order valence-corrected chi connectivity index (χ0v) is 15.1. The molecule has 0 unspecified atom stereocenters. The maximum Gasteiger partial charge on any atom is 0.278 e. The molecule has 0 radical (unpaired) electrons. The second-order valence-corrected chi connectivity index (χ2v) is 6.28. The number of aromatic nitrogens is 3. The molecular weight excluding hydrogens is 316 g/mol. The third-order valence-corrected chi connectivity index (χ3v) is 4.27. The van der Waals surface area contributed by atoms with E-state index in [0.717, 1.165) is 22.2 Å². The Morgan fingerprint density at radius 2 is 2.00 bits per heavy atom. The van der Waals surface area contributed by atoms with Crippen molar-refractivity contribution >= 4 is 16.9 Å². The van der Waals surface area contributed by atoms with E-state index in [0.29, 0.717) is 11.2 Å². The topological polar surface area (TPSA) is 60.2 Å². The standard InChI is InChI=1S/C19H22N4O2/c1-12(2)23-18-16(11-20-23)15(19(24)22(4)25-5)10-17(21-18)14-9-7-6-8-13(14)3/h6-12H,1-5H3. The minimum atomic E-state index is -0.229. The van der Waals surface area contributed by atoms with Gasteiger partial charge in [-0.25, -0.2) is 14.7 Å². The average Bonchev–Trinajstić information content (AvgIpc) is 3.04. The van der Waals surface area contributed by atoms with Gasteiger partial charge in [0.15, 0.2) is 5.65 Å². The summed E-state index contributed by atoms with van der Waals surface area (Å²) in [5.74, 6) is -0.229. The van der Waals surface area contributed by atoms with Crippen LogP contribution in [0.4, 0.5) is 0 Å². The van der Waals surface area contributed by atoms with E-state index in [1.54, 1.807) is 13.2 Å². The Morgan fingerprint density at radius 3 is 2.64 bits per heavy atom. The van der Waals surface area contributed by atoms with Crippen LogP contribution in [0.1, 0.15) is 35.8 Å². The Bertz CT molecular complexity index is 930. The molecule has 1 amide bonds. The molecule has 130 valence electrons. The van der Waals surface area contributed by atoms with E-state index >= 15 is 0 Å². The molecule has 6 heteroatoms. The number of rotatable bonds is 4. The molecule has 3 aromatic rings. The zero-order valence-electron chi connectivity index (χ0n) is 15.1. The summed E-state index contributed by atoms with van der Waals surface area (Å²) in [6.07, 6.45) is 1.70. The van der Waals surface area contributed by atoms with E-state index in [-0.39, 0.29) is 11.9 Å². The Kier molecular flexibility index (Phi) is 4.55. The second kappa shape index (κ2) is 6.64. The van der Waals surface area contributed by atoms with Gasteiger partial charge in [-0.3, -0.25) is 9.63 Å². The second-order valence-electron chi connectivity index (χ2n) is 6.28. The number of nitrogens with zero attached hydrogens (tertiary/aromatic N) is 4. The monoisotopic (exact) mass is 338 g/mol. The van der Waals surface area contributed by atoms with Crippen LogP contribution in [0.2, 0.25) is 0 Å². The first-order chi connectivity index (χ1) is 11.9. The molecule has 0 saturated heterocycles. The number of pyridine rings is 1. The van der Waals surface area contributed by atoms with Crippen LogP contribution in [0.15, 0.2) is 36.5 Å². The van der Waals surface area contributed by atoms with E-state index in [2.05, 4.69) is 5.10 Å². The van der Waals surface area contributed by atoms with E-state index in [4.69, 9.17) is 9.82 Å². The normalized spacial score (nSPS) is 11.3. The van der Waals surface area contributed by atoms with Crippen LogP contribution in [0.5, 0.6) is 0 Å². The van der Waals surface area contributed by atoms with Crippen molar-refractivity contribution < 1.29 is 9.63 Å². The van der Waals surface area contributed by atoms with Gasteiger partial charge in [-0.05, 0) is 32.4 Å². The molecule has 6 nitrogen and oxygen atoms in total. The van der Waals surface area contributed by atoms with Crippen molar-refractivity contribution in [2.75, 3.05) is 14.2 Å². The predicted molar refractivity (Wildman–Crippen MR) is 97.2 cm³/mol. The molecule has 3 rings (SSSR count). The summed E-state index contributed by atoms with van der Waals surface area (Å²) < 4.78 is 1.83. The predicted octanol–water partition coefficient (Wildman–Crippen LogP) is 3.62. The van der Waals surface area contributed by atoms with Crippen LogP contribution in [0.3, 0.4) is 0 Å². The van der Waals surface area contributed by atoms with Crippen molar-refractivity contribution in [1.82, 2.24) is 19.8 Å². The van der Waals surface area contributed by atoms with E-state index < -0.39 is 0 Å². The highest BCUT2D eigenvalue weighted by Gasteiger charge is 2.21. The van der Waals surface area contributed by atoms with E-state index in [9.17, 15) is 4.79 Å². The number of aryl methyl sites for hydroxylation is 1. The highest BCUT2D eigenvalue weighted by molar-refractivity contribution is 6.06. The summed E-state index contributed by atoms with van der Waals surface area (Å²) in [5, 5.41) is 6.36. The van der Waals surface area contributed by atoms with Gasteiger partial charge in [0.2, 0.25) is 0 Å². The molecule has 1 aromatic carbocycles. The first-order valence-electron chi connectivity index (χ1n) is 8.20. The minimum Gasteiger partial charge on any atom is -0.274 e. The minimum absolute atomic E-state index is 0.139. The lowest BCUT2D eigenvalue weighted by molar-refractivity contribution is -0.0755. The lowest BCUT2D eigenvalue weighted by Gasteiger charge is -2.16. The molecule has 0 atom stereocenters. The summed E-state index contributed by atoms with van der Waals surface area (Å²) >= 11 is 0. The van der Waals surface area contributed by atoms with Crippen LogP contribution in [0, 0.1) is 6.92 Å². The van der Waals surface area contributed by atoms with Crippen LogP contribution in [-0.4, -0.2) is 39.9 Å². The summed E-state index contributed by atoms with van der Waals surface area (Å²) in [6.45, 7) is 6.11. The maximum atomic E-state index is 12.8.